The average molecular weight is 289 g/mol. The zero-order chi connectivity index (χ0) is 15.3. The maximum Gasteiger partial charge on any atom is 0.0678 e. The van der Waals surface area contributed by atoms with Crippen LogP contribution in [0.25, 0.3) is 6.08 Å². The average Bonchev–Trinajstić information content (AvgIpc) is 2.37. The Bertz CT molecular complexity index is 393. The van der Waals surface area contributed by atoms with Crippen molar-refractivity contribution in [1.82, 2.24) is 0 Å². The van der Waals surface area contributed by atoms with Crippen LogP contribution in [0.15, 0.2) is 36.4 Å². The lowest BCUT2D eigenvalue weighted by molar-refractivity contribution is 0.775. The van der Waals surface area contributed by atoms with E-state index in [0.717, 1.165) is 16.6 Å². The van der Waals surface area contributed by atoms with Crippen LogP contribution in [0, 0.1) is 0 Å². The summed E-state index contributed by atoms with van der Waals surface area (Å²) in [5.41, 5.74) is 4.48. The molecule has 0 aromatic heterocycles. The molecule has 0 bridgehead atoms. The van der Waals surface area contributed by atoms with Crippen molar-refractivity contribution in [2.24, 2.45) is 0 Å². The van der Waals surface area contributed by atoms with Crippen molar-refractivity contribution >= 4 is 14.1 Å². The summed E-state index contributed by atoms with van der Waals surface area (Å²) in [5, 5.41) is 0. The maximum atomic E-state index is 2.47. The van der Waals surface area contributed by atoms with Gasteiger partial charge in [-0.25, -0.2) is 0 Å². The molecule has 112 valence electrons. The first-order valence-corrected chi connectivity index (χ1v) is 10.4. The zero-order valence-corrected chi connectivity index (χ0v) is 15.4. The lowest BCUT2D eigenvalue weighted by atomic mass is 10.2. The highest BCUT2D eigenvalue weighted by Gasteiger charge is 2.45. The molecule has 20 heavy (non-hydrogen) atoms. The number of hydrogen-bond donors (Lipinski definition) is 0. The van der Waals surface area contributed by atoms with Gasteiger partial charge in [-0.05, 0) is 11.1 Å². The van der Waals surface area contributed by atoms with Gasteiger partial charge in [0.25, 0.3) is 0 Å². The second kappa shape index (κ2) is 7.26. The van der Waals surface area contributed by atoms with Gasteiger partial charge < -0.3 is 0 Å². The minimum atomic E-state index is -1.37. The summed E-state index contributed by atoms with van der Waals surface area (Å²) >= 11 is 0. The maximum absolute atomic E-state index is 2.47. The number of allylic oxidation sites excluding steroid dienone is 1. The Morgan fingerprint density at radius 1 is 0.750 bits per heavy atom. The second-order valence-electron chi connectivity index (χ2n) is 7.02. The van der Waals surface area contributed by atoms with Gasteiger partial charge in [0.15, 0.2) is 0 Å². The summed E-state index contributed by atoms with van der Waals surface area (Å²) < 4.78 is 0. The van der Waals surface area contributed by atoms with E-state index in [9.17, 15) is 0 Å². The van der Waals surface area contributed by atoms with Gasteiger partial charge in [0.2, 0.25) is 0 Å². The Labute approximate surface area is 127 Å². The second-order valence-corrected chi connectivity index (χ2v) is 13.4. The van der Waals surface area contributed by atoms with Crippen LogP contribution >= 0.6 is 0 Å². The molecule has 1 aromatic rings. The van der Waals surface area contributed by atoms with Gasteiger partial charge in [-0.2, -0.15) is 0 Å². The van der Waals surface area contributed by atoms with Crippen molar-refractivity contribution in [3.8, 4) is 0 Å². The highest BCUT2D eigenvalue weighted by Crippen LogP contribution is 2.49. The molecule has 0 aliphatic heterocycles. The van der Waals surface area contributed by atoms with E-state index < -0.39 is 8.07 Å². The lowest BCUT2D eigenvalue weighted by Gasteiger charge is -2.47. The first kappa shape index (κ1) is 17.2. The van der Waals surface area contributed by atoms with Crippen LogP contribution in [0.4, 0.5) is 0 Å². The van der Waals surface area contributed by atoms with Gasteiger partial charge >= 0.3 is 0 Å². The summed E-state index contributed by atoms with van der Waals surface area (Å²) in [6.45, 7) is 17.1. The molecule has 1 rings (SSSR count). The largest absolute Gasteiger partial charge is 0.0837 e. The van der Waals surface area contributed by atoms with Crippen LogP contribution in [-0.4, -0.2) is 8.07 Å². The summed E-state index contributed by atoms with van der Waals surface area (Å²) in [5.74, 6) is 0. The molecule has 1 aromatic carbocycles. The molecule has 0 aliphatic rings. The fourth-order valence-electron chi connectivity index (χ4n) is 4.56. The van der Waals surface area contributed by atoms with Crippen LogP contribution in [-0.2, 0) is 0 Å². The Balaban J connectivity index is 3.06. The van der Waals surface area contributed by atoms with Crippen molar-refractivity contribution in [3.63, 3.8) is 0 Å². The molecular formula is C19H32Si. The lowest BCUT2D eigenvalue weighted by Crippen LogP contribution is -2.47. The van der Waals surface area contributed by atoms with Crippen molar-refractivity contribution in [2.45, 2.75) is 70.6 Å². The van der Waals surface area contributed by atoms with E-state index in [-0.39, 0.29) is 0 Å². The molecule has 0 saturated carbocycles. The smallest absolute Gasteiger partial charge is 0.0678 e. The van der Waals surface area contributed by atoms with E-state index in [1.54, 1.807) is 0 Å². The van der Waals surface area contributed by atoms with Crippen LogP contribution in [0.5, 0.6) is 0 Å². The molecular weight excluding hydrogens is 256 g/mol. The molecule has 0 spiro atoms. The Hall–Kier alpha value is -0.823. The third-order valence-electron chi connectivity index (χ3n) is 5.17. The van der Waals surface area contributed by atoms with Crippen molar-refractivity contribution in [1.29, 1.82) is 0 Å². The standard InChI is InChI=1S/C19H32Si/c1-15(2)20(16(3)4,17(5)6)18(7)13-14-19-11-9-8-10-12-19/h8-18H,1-7H3/b14-13-. The Kier molecular flexibility index (Phi) is 6.26. The van der Waals surface area contributed by atoms with Crippen molar-refractivity contribution in [2.75, 3.05) is 0 Å². The summed E-state index contributed by atoms with van der Waals surface area (Å²) in [4.78, 5) is 0. The zero-order valence-electron chi connectivity index (χ0n) is 14.4. The third kappa shape index (κ3) is 3.43. The first-order valence-electron chi connectivity index (χ1n) is 8.06. The molecule has 0 amide bonds. The quantitative estimate of drug-likeness (QED) is 0.507. The van der Waals surface area contributed by atoms with E-state index in [4.69, 9.17) is 0 Å². The molecule has 0 N–H and O–H groups in total. The van der Waals surface area contributed by atoms with Crippen LogP contribution in [0.2, 0.25) is 22.2 Å². The number of hydrogen-bond acceptors (Lipinski definition) is 0. The SMILES string of the molecule is CC(C)[Si](C(C)C)(C(C)C)C(C)/C=C\c1ccccc1. The summed E-state index contributed by atoms with van der Waals surface area (Å²) in [6.07, 6.45) is 4.79. The van der Waals surface area contributed by atoms with Gasteiger partial charge in [0.05, 0.1) is 8.07 Å². The van der Waals surface area contributed by atoms with Crippen LogP contribution in [0.3, 0.4) is 0 Å². The predicted octanol–water partition coefficient (Wildman–Crippen LogP) is 6.77. The van der Waals surface area contributed by atoms with E-state index in [2.05, 4.69) is 91.0 Å². The van der Waals surface area contributed by atoms with E-state index in [1.165, 1.54) is 5.56 Å². The van der Waals surface area contributed by atoms with Crippen LogP contribution in [0.1, 0.15) is 54.0 Å². The topological polar surface area (TPSA) is 0 Å². The fourth-order valence-corrected chi connectivity index (χ4v) is 12.1. The highest BCUT2D eigenvalue weighted by molar-refractivity contribution is 6.85. The number of rotatable bonds is 6. The molecule has 1 heteroatoms. The van der Waals surface area contributed by atoms with Gasteiger partial charge in [0, 0.05) is 0 Å². The number of benzene rings is 1. The van der Waals surface area contributed by atoms with E-state index in [0.29, 0.717) is 5.54 Å². The van der Waals surface area contributed by atoms with Crippen LogP contribution < -0.4 is 0 Å². The van der Waals surface area contributed by atoms with Gasteiger partial charge in [-0.1, -0.05) is 108 Å². The molecule has 1 atom stereocenters. The van der Waals surface area contributed by atoms with Crippen molar-refractivity contribution < 1.29 is 0 Å². The summed E-state index contributed by atoms with van der Waals surface area (Å²) in [7, 11) is -1.37. The molecule has 0 radical (unpaired) electrons. The van der Waals surface area contributed by atoms with E-state index in [1.807, 2.05) is 0 Å². The van der Waals surface area contributed by atoms with Gasteiger partial charge in [-0.15, -0.1) is 0 Å². The highest BCUT2D eigenvalue weighted by atomic mass is 28.3. The molecule has 0 heterocycles. The normalized spacial score (nSPS) is 14.7. The van der Waals surface area contributed by atoms with Gasteiger partial charge in [0.1, 0.15) is 0 Å². The predicted molar refractivity (Wildman–Crippen MR) is 95.9 cm³/mol. The Morgan fingerprint density at radius 2 is 1.20 bits per heavy atom. The van der Waals surface area contributed by atoms with Crippen molar-refractivity contribution in [3.05, 3.63) is 42.0 Å². The Morgan fingerprint density at radius 3 is 1.60 bits per heavy atom. The van der Waals surface area contributed by atoms with Gasteiger partial charge in [-0.3, -0.25) is 0 Å². The third-order valence-corrected chi connectivity index (χ3v) is 12.9. The summed E-state index contributed by atoms with van der Waals surface area (Å²) in [6, 6.07) is 10.7. The molecule has 0 nitrogen and oxygen atoms in total. The molecule has 0 saturated heterocycles. The molecule has 1 unspecified atom stereocenters. The minimum Gasteiger partial charge on any atom is -0.0837 e. The first-order chi connectivity index (χ1) is 9.33. The fraction of sp³-hybridized carbons (Fsp3) is 0.579. The monoisotopic (exact) mass is 288 g/mol. The minimum absolute atomic E-state index is 0.711. The van der Waals surface area contributed by atoms with E-state index >= 15 is 0 Å². The molecule has 0 aliphatic carbocycles. The molecule has 0 fully saturated rings.